The predicted molar refractivity (Wildman–Crippen MR) is 142 cm³/mol. The van der Waals surface area contributed by atoms with Crippen LogP contribution in [0.15, 0.2) is 41.7 Å². The first kappa shape index (κ1) is 28.7. The maximum Gasteiger partial charge on any atom is 0.407 e. The van der Waals surface area contributed by atoms with Crippen molar-refractivity contribution in [3.05, 3.63) is 42.5 Å². The van der Waals surface area contributed by atoms with Crippen LogP contribution in [0.2, 0.25) is 0 Å². The number of alkyl carbamates (subject to hydrolysis) is 1. The number of para-hydroxylation sites is 1. The average molecular weight is 572 g/mol. The minimum Gasteiger partial charge on any atom is -0.444 e. The molecule has 0 fully saturated rings. The maximum atomic E-state index is 12.2. The van der Waals surface area contributed by atoms with Crippen molar-refractivity contribution in [2.24, 2.45) is 10.9 Å². The molecule has 0 saturated heterocycles. The first-order valence-electron chi connectivity index (χ1n) is 11.0. The number of hydrogen-bond donors (Lipinski definition) is 2. The summed E-state index contributed by atoms with van der Waals surface area (Å²) in [5, 5.41) is 14.6. The Bertz CT molecular complexity index is 878. The number of nitrogens with zero attached hydrogens (tertiary/aromatic N) is 5. The fourth-order valence-electron chi connectivity index (χ4n) is 3.20. The van der Waals surface area contributed by atoms with Gasteiger partial charge < -0.3 is 20.3 Å². The molecule has 1 aromatic carbocycles. The van der Waals surface area contributed by atoms with E-state index in [1.54, 1.807) is 13.4 Å². The van der Waals surface area contributed by atoms with Gasteiger partial charge in [-0.1, -0.05) is 32.0 Å². The lowest BCUT2D eigenvalue weighted by atomic mass is 10.0. The highest BCUT2D eigenvalue weighted by Gasteiger charge is 2.22. The van der Waals surface area contributed by atoms with Crippen LogP contribution in [0.5, 0.6) is 0 Å². The third kappa shape index (κ3) is 9.56. The van der Waals surface area contributed by atoms with Gasteiger partial charge in [-0.25, -0.2) is 4.79 Å². The summed E-state index contributed by atoms with van der Waals surface area (Å²) in [5.41, 5.74) is 0.486. The molecule has 1 unspecified atom stereocenters. The fourth-order valence-corrected chi connectivity index (χ4v) is 3.20. The third-order valence-electron chi connectivity index (χ3n) is 4.91. The molecule has 0 aliphatic carbocycles. The third-order valence-corrected chi connectivity index (χ3v) is 4.91. The van der Waals surface area contributed by atoms with Crippen LogP contribution in [0.3, 0.4) is 0 Å². The molecular formula is C23H38IN7O2. The van der Waals surface area contributed by atoms with Crippen molar-refractivity contribution in [2.45, 2.75) is 59.2 Å². The molecule has 0 bridgehead atoms. The van der Waals surface area contributed by atoms with E-state index in [2.05, 4.69) is 39.7 Å². The average Bonchev–Trinajstić information content (AvgIpc) is 3.19. The molecule has 9 nitrogen and oxygen atoms in total. The summed E-state index contributed by atoms with van der Waals surface area (Å²) in [4.78, 5) is 18.6. The van der Waals surface area contributed by atoms with Crippen LogP contribution in [0, 0.1) is 5.92 Å². The molecular weight excluding hydrogens is 533 g/mol. The second-order valence-electron chi connectivity index (χ2n) is 9.06. The van der Waals surface area contributed by atoms with E-state index in [1.807, 2.05) is 67.6 Å². The molecule has 0 spiro atoms. The maximum absolute atomic E-state index is 12.2. The largest absolute Gasteiger partial charge is 0.444 e. The van der Waals surface area contributed by atoms with Crippen LogP contribution in [-0.4, -0.2) is 64.0 Å². The molecule has 2 rings (SSSR count). The standard InChI is InChI=1S/C23H37N7O2.HI/c1-17(2)19(27-22(31)32-23(3,4)5)13-14-29(7)21(24-6)25-15-20-28-26-16-30(20)18-11-9-8-10-12-18;/h8-12,16-17,19H,13-15H2,1-7H3,(H,24,25)(H,27,31);1H. The number of aliphatic imine (C=N–C) groups is 1. The van der Waals surface area contributed by atoms with Crippen LogP contribution in [-0.2, 0) is 11.3 Å². The van der Waals surface area contributed by atoms with Gasteiger partial charge in [-0.05, 0) is 45.2 Å². The van der Waals surface area contributed by atoms with Crippen LogP contribution >= 0.6 is 24.0 Å². The summed E-state index contributed by atoms with van der Waals surface area (Å²) in [6.07, 6.45) is 2.07. The number of rotatable bonds is 8. The van der Waals surface area contributed by atoms with Gasteiger partial charge in [0.2, 0.25) is 0 Å². The number of carbonyl (C=O) groups excluding carboxylic acids is 1. The topological polar surface area (TPSA) is 96.7 Å². The molecule has 1 aromatic heterocycles. The lowest BCUT2D eigenvalue weighted by Gasteiger charge is -2.28. The number of hydrogen-bond acceptors (Lipinski definition) is 5. The Labute approximate surface area is 214 Å². The molecule has 2 N–H and O–H groups in total. The molecule has 33 heavy (non-hydrogen) atoms. The van der Waals surface area contributed by atoms with Crippen LogP contribution in [0.1, 0.15) is 46.9 Å². The first-order chi connectivity index (χ1) is 15.1. The van der Waals surface area contributed by atoms with E-state index < -0.39 is 5.60 Å². The van der Waals surface area contributed by atoms with E-state index in [0.717, 1.165) is 23.9 Å². The summed E-state index contributed by atoms with van der Waals surface area (Å²) in [7, 11) is 3.72. The summed E-state index contributed by atoms with van der Waals surface area (Å²) in [5.74, 6) is 1.81. The number of nitrogens with one attached hydrogen (secondary N) is 2. The predicted octanol–water partition coefficient (Wildman–Crippen LogP) is 3.83. The van der Waals surface area contributed by atoms with Gasteiger partial charge in [0, 0.05) is 32.4 Å². The molecule has 0 aliphatic heterocycles. The number of ether oxygens (including phenoxy) is 1. The lowest BCUT2D eigenvalue weighted by Crippen LogP contribution is -2.45. The summed E-state index contributed by atoms with van der Waals surface area (Å²) in [6.45, 7) is 11.0. The normalized spacial score (nSPS) is 12.7. The van der Waals surface area contributed by atoms with Crippen LogP contribution < -0.4 is 10.6 Å². The Morgan fingerprint density at radius 1 is 1.24 bits per heavy atom. The molecule has 0 aliphatic rings. The number of benzene rings is 1. The summed E-state index contributed by atoms with van der Waals surface area (Å²) >= 11 is 0. The molecule has 10 heteroatoms. The van der Waals surface area contributed by atoms with Gasteiger partial charge in [0.15, 0.2) is 11.8 Å². The van der Waals surface area contributed by atoms with Gasteiger partial charge in [0.05, 0.1) is 6.54 Å². The number of amides is 1. The Balaban J connectivity index is 0.00000544. The minimum absolute atomic E-state index is 0. The van der Waals surface area contributed by atoms with E-state index in [9.17, 15) is 4.79 Å². The molecule has 184 valence electrons. The number of halogens is 1. The number of carbonyl (C=O) groups is 1. The van der Waals surface area contributed by atoms with Gasteiger partial charge in [-0.3, -0.25) is 9.56 Å². The highest BCUT2D eigenvalue weighted by atomic mass is 127. The van der Waals surface area contributed by atoms with Crippen LogP contribution in [0.25, 0.3) is 5.69 Å². The van der Waals surface area contributed by atoms with Crippen LogP contribution in [0.4, 0.5) is 4.79 Å². The second kappa shape index (κ2) is 13.4. The monoisotopic (exact) mass is 571 g/mol. The summed E-state index contributed by atoms with van der Waals surface area (Å²) < 4.78 is 7.35. The Hall–Kier alpha value is -2.37. The number of guanidine groups is 1. The van der Waals surface area contributed by atoms with Crippen molar-refractivity contribution < 1.29 is 9.53 Å². The van der Waals surface area contributed by atoms with E-state index in [4.69, 9.17) is 4.74 Å². The van der Waals surface area contributed by atoms with Crippen molar-refractivity contribution in [1.29, 1.82) is 0 Å². The first-order valence-corrected chi connectivity index (χ1v) is 11.0. The molecule has 1 amide bonds. The SMILES string of the molecule is CN=C(NCc1nncn1-c1ccccc1)N(C)CCC(NC(=O)OC(C)(C)C)C(C)C.I. The van der Waals surface area contributed by atoms with Crippen molar-refractivity contribution in [3.8, 4) is 5.69 Å². The molecule has 1 heterocycles. The van der Waals surface area contributed by atoms with E-state index >= 15 is 0 Å². The fraction of sp³-hybridized carbons (Fsp3) is 0.565. The molecule has 1 atom stereocenters. The lowest BCUT2D eigenvalue weighted by molar-refractivity contribution is 0.0486. The minimum atomic E-state index is -0.519. The molecule has 0 radical (unpaired) electrons. The van der Waals surface area contributed by atoms with Gasteiger partial charge in [-0.15, -0.1) is 34.2 Å². The highest BCUT2D eigenvalue weighted by molar-refractivity contribution is 14.0. The Morgan fingerprint density at radius 2 is 1.91 bits per heavy atom. The quantitative estimate of drug-likeness (QED) is 0.284. The zero-order chi connectivity index (χ0) is 23.7. The number of aromatic nitrogens is 3. The van der Waals surface area contributed by atoms with Crippen molar-refractivity contribution in [2.75, 3.05) is 20.6 Å². The van der Waals surface area contributed by atoms with Crippen molar-refractivity contribution in [3.63, 3.8) is 0 Å². The van der Waals surface area contributed by atoms with Gasteiger partial charge >= 0.3 is 6.09 Å². The smallest absolute Gasteiger partial charge is 0.407 e. The zero-order valence-corrected chi connectivity index (χ0v) is 23.0. The van der Waals surface area contributed by atoms with E-state index in [1.165, 1.54) is 0 Å². The zero-order valence-electron chi connectivity index (χ0n) is 20.7. The van der Waals surface area contributed by atoms with Gasteiger partial charge in [0.25, 0.3) is 0 Å². The van der Waals surface area contributed by atoms with E-state index in [0.29, 0.717) is 13.1 Å². The Morgan fingerprint density at radius 3 is 2.48 bits per heavy atom. The highest BCUT2D eigenvalue weighted by Crippen LogP contribution is 2.12. The van der Waals surface area contributed by atoms with Crippen molar-refractivity contribution in [1.82, 2.24) is 30.3 Å². The molecule has 0 saturated carbocycles. The van der Waals surface area contributed by atoms with E-state index in [-0.39, 0.29) is 42.0 Å². The second-order valence-corrected chi connectivity index (χ2v) is 9.06. The van der Waals surface area contributed by atoms with Gasteiger partial charge in [-0.2, -0.15) is 0 Å². The molecule has 2 aromatic rings. The van der Waals surface area contributed by atoms with Gasteiger partial charge in [0.1, 0.15) is 11.9 Å². The van der Waals surface area contributed by atoms with Crippen molar-refractivity contribution >= 4 is 36.0 Å². The summed E-state index contributed by atoms with van der Waals surface area (Å²) in [6, 6.07) is 9.96. The Kier molecular flexibility index (Phi) is 11.6.